The van der Waals surface area contributed by atoms with E-state index in [0.717, 1.165) is 38.8 Å². The third kappa shape index (κ3) is 4.28. The van der Waals surface area contributed by atoms with Gasteiger partial charge < -0.3 is 13.6 Å². The minimum Gasteiger partial charge on any atom is -0.455 e. The van der Waals surface area contributed by atoms with Gasteiger partial charge in [0.1, 0.15) is 11.2 Å². The van der Waals surface area contributed by atoms with E-state index in [9.17, 15) is 0 Å². The van der Waals surface area contributed by atoms with Gasteiger partial charge in [0.2, 0.25) is 0 Å². The summed E-state index contributed by atoms with van der Waals surface area (Å²) in [6, 6.07) is 66.2. The molecule has 0 amide bonds. The molecule has 3 aromatic heterocycles. The van der Waals surface area contributed by atoms with E-state index in [2.05, 4.69) is 193 Å². The summed E-state index contributed by atoms with van der Waals surface area (Å²) in [5.41, 5.74) is 17.7. The Bertz CT molecular complexity index is 3370. The molecule has 0 aliphatic heterocycles. The van der Waals surface area contributed by atoms with Crippen LogP contribution in [0.4, 0.5) is 0 Å². The average molecular weight is 717 g/mol. The Labute approximate surface area is 324 Å². The van der Waals surface area contributed by atoms with Crippen molar-refractivity contribution >= 4 is 54.6 Å². The predicted octanol–water partition coefficient (Wildman–Crippen LogP) is 14.3. The molecule has 3 nitrogen and oxygen atoms in total. The van der Waals surface area contributed by atoms with Crippen molar-refractivity contribution < 1.29 is 4.42 Å². The quantitative estimate of drug-likeness (QED) is 0.178. The molecule has 1 aliphatic carbocycles. The molecule has 56 heavy (non-hydrogen) atoms. The first-order chi connectivity index (χ1) is 27.5. The van der Waals surface area contributed by atoms with E-state index in [1.165, 1.54) is 71.9 Å². The van der Waals surface area contributed by atoms with Gasteiger partial charge in [-0.25, -0.2) is 0 Å². The summed E-state index contributed by atoms with van der Waals surface area (Å²) < 4.78 is 11.3. The maximum Gasteiger partial charge on any atom is 0.143 e. The highest BCUT2D eigenvalue weighted by atomic mass is 16.3. The summed E-state index contributed by atoms with van der Waals surface area (Å²) in [6.45, 7) is 4.77. The third-order valence-electron chi connectivity index (χ3n) is 12.3. The Balaban J connectivity index is 1.04. The van der Waals surface area contributed by atoms with Crippen LogP contribution < -0.4 is 0 Å². The minimum atomic E-state index is -0.169. The van der Waals surface area contributed by atoms with E-state index in [1.807, 2.05) is 12.1 Å². The van der Waals surface area contributed by atoms with E-state index in [0.29, 0.717) is 0 Å². The molecule has 0 spiro atoms. The van der Waals surface area contributed by atoms with Crippen molar-refractivity contribution in [1.82, 2.24) is 9.13 Å². The minimum absolute atomic E-state index is 0.169. The second-order valence-corrected chi connectivity index (χ2v) is 15.7. The van der Waals surface area contributed by atoms with Crippen molar-refractivity contribution in [2.24, 2.45) is 0 Å². The molecule has 3 heteroatoms. The summed E-state index contributed by atoms with van der Waals surface area (Å²) in [5.74, 6) is 0. The summed E-state index contributed by atoms with van der Waals surface area (Å²) >= 11 is 0. The van der Waals surface area contributed by atoms with Crippen LogP contribution in [-0.2, 0) is 5.41 Å². The smallest absolute Gasteiger partial charge is 0.143 e. The van der Waals surface area contributed by atoms with Crippen molar-refractivity contribution in [3.63, 3.8) is 0 Å². The Hall–Kier alpha value is -7.10. The van der Waals surface area contributed by atoms with Gasteiger partial charge >= 0.3 is 0 Å². The van der Waals surface area contributed by atoms with Gasteiger partial charge in [-0.2, -0.15) is 0 Å². The van der Waals surface area contributed by atoms with Crippen LogP contribution in [0, 0.1) is 0 Å². The Morgan fingerprint density at radius 1 is 0.411 bits per heavy atom. The van der Waals surface area contributed by atoms with Crippen LogP contribution in [0.3, 0.4) is 0 Å². The second-order valence-electron chi connectivity index (χ2n) is 15.7. The van der Waals surface area contributed by atoms with Gasteiger partial charge in [-0.1, -0.05) is 135 Å². The molecule has 12 rings (SSSR count). The van der Waals surface area contributed by atoms with Crippen LogP contribution >= 0.6 is 0 Å². The van der Waals surface area contributed by atoms with Crippen LogP contribution in [0.5, 0.6) is 0 Å². The van der Waals surface area contributed by atoms with Crippen molar-refractivity contribution in [1.29, 1.82) is 0 Å². The lowest BCUT2D eigenvalue weighted by Gasteiger charge is -2.21. The largest absolute Gasteiger partial charge is 0.455 e. The number of aromatic nitrogens is 2. The molecular formula is C53H36N2O. The van der Waals surface area contributed by atoms with Gasteiger partial charge in [0.05, 0.1) is 22.2 Å². The number of nitrogens with zero attached hydrogens (tertiary/aromatic N) is 2. The number of hydrogen-bond donors (Lipinski definition) is 0. The molecule has 0 bridgehead atoms. The number of furan rings is 1. The molecule has 264 valence electrons. The highest BCUT2D eigenvalue weighted by molar-refractivity contribution is 6.11. The van der Waals surface area contributed by atoms with Crippen LogP contribution in [0.2, 0.25) is 0 Å². The van der Waals surface area contributed by atoms with Gasteiger partial charge in [0, 0.05) is 54.8 Å². The summed E-state index contributed by atoms with van der Waals surface area (Å²) in [7, 11) is 0. The molecule has 0 radical (unpaired) electrons. The van der Waals surface area contributed by atoms with Crippen molar-refractivity contribution in [2.45, 2.75) is 19.3 Å². The highest BCUT2D eigenvalue weighted by Gasteiger charge is 2.40. The number of benzene rings is 8. The van der Waals surface area contributed by atoms with Crippen LogP contribution in [0.15, 0.2) is 186 Å². The molecule has 11 aromatic rings. The number of rotatable bonds is 4. The van der Waals surface area contributed by atoms with Gasteiger partial charge in [0.25, 0.3) is 0 Å². The predicted molar refractivity (Wildman–Crippen MR) is 233 cm³/mol. The monoisotopic (exact) mass is 716 g/mol. The second kappa shape index (κ2) is 11.5. The first-order valence-electron chi connectivity index (χ1n) is 19.4. The number of para-hydroxylation sites is 4. The fourth-order valence-electron chi connectivity index (χ4n) is 9.77. The standard InChI is InChI=1S/C53H36N2O/c1-53(2)45-20-9-6-17-42(45)51-50(53)44-32-35(34-25-29-47-43(31-34)39-15-7-10-21-46(39)54(47)36-13-4-3-5-14-36)26-30-48(44)55(51)37-27-23-33(24-28-37)38-18-12-19-41-40-16-8-11-22-49(40)56-52(38)41/h3-32H,1-2H3. The lowest BCUT2D eigenvalue weighted by Crippen LogP contribution is -2.14. The van der Waals surface area contributed by atoms with Crippen molar-refractivity contribution in [3.8, 4) is 44.9 Å². The topological polar surface area (TPSA) is 23.0 Å². The first kappa shape index (κ1) is 31.3. The van der Waals surface area contributed by atoms with Crippen LogP contribution in [0.25, 0.3) is 99.5 Å². The molecule has 0 N–H and O–H groups in total. The Morgan fingerprint density at radius 3 is 1.82 bits per heavy atom. The third-order valence-corrected chi connectivity index (χ3v) is 12.3. The maximum atomic E-state index is 6.43. The lowest BCUT2D eigenvalue weighted by molar-refractivity contribution is 0.666. The van der Waals surface area contributed by atoms with Crippen molar-refractivity contribution in [2.75, 3.05) is 0 Å². The molecular weight excluding hydrogens is 681 g/mol. The summed E-state index contributed by atoms with van der Waals surface area (Å²) in [6.07, 6.45) is 0. The molecule has 3 heterocycles. The number of hydrogen-bond acceptors (Lipinski definition) is 1. The average Bonchev–Trinajstić information content (AvgIpc) is 3.97. The summed E-state index contributed by atoms with van der Waals surface area (Å²) in [5, 5.41) is 6.11. The van der Waals surface area contributed by atoms with Crippen molar-refractivity contribution in [3.05, 3.63) is 193 Å². The molecule has 0 saturated carbocycles. The normalized spacial score (nSPS) is 13.3. The lowest BCUT2D eigenvalue weighted by atomic mass is 9.81. The molecule has 1 aliphatic rings. The van der Waals surface area contributed by atoms with Gasteiger partial charge in [-0.15, -0.1) is 0 Å². The fraction of sp³-hybridized carbons (Fsp3) is 0.0566. The van der Waals surface area contributed by atoms with Crippen LogP contribution in [-0.4, -0.2) is 9.13 Å². The molecule has 8 aromatic carbocycles. The van der Waals surface area contributed by atoms with Gasteiger partial charge in [-0.3, -0.25) is 0 Å². The highest BCUT2D eigenvalue weighted by Crippen LogP contribution is 2.54. The molecule has 0 saturated heterocycles. The molecule has 0 unspecified atom stereocenters. The van der Waals surface area contributed by atoms with E-state index < -0.39 is 0 Å². The van der Waals surface area contributed by atoms with E-state index in [1.54, 1.807) is 0 Å². The zero-order valence-electron chi connectivity index (χ0n) is 31.1. The van der Waals surface area contributed by atoms with Gasteiger partial charge in [0.15, 0.2) is 0 Å². The van der Waals surface area contributed by atoms with Crippen LogP contribution in [0.1, 0.15) is 25.0 Å². The fourth-order valence-corrected chi connectivity index (χ4v) is 9.77. The Morgan fingerprint density at radius 2 is 1.00 bits per heavy atom. The summed E-state index contributed by atoms with van der Waals surface area (Å²) in [4.78, 5) is 0. The van der Waals surface area contributed by atoms with E-state index in [4.69, 9.17) is 4.42 Å². The zero-order valence-corrected chi connectivity index (χ0v) is 31.1. The zero-order chi connectivity index (χ0) is 37.1. The SMILES string of the molecule is CC1(C)c2ccccc2-c2c1c1cc(-c3ccc4c(c3)c3ccccc3n4-c3ccccc3)ccc1n2-c1ccc(-c2cccc3c2oc2ccccc23)cc1. The molecule has 0 atom stereocenters. The Kier molecular flexibility index (Phi) is 6.40. The van der Waals surface area contributed by atoms with Gasteiger partial charge in [-0.05, 0) is 88.5 Å². The van der Waals surface area contributed by atoms with E-state index in [-0.39, 0.29) is 5.41 Å². The maximum absolute atomic E-state index is 6.43. The number of fused-ring (bicyclic) bond motifs is 11. The molecule has 0 fully saturated rings. The van der Waals surface area contributed by atoms with E-state index >= 15 is 0 Å². The first-order valence-corrected chi connectivity index (χ1v) is 19.4.